The smallest absolute Gasteiger partial charge is 0.339 e. The molecule has 0 aromatic carbocycles. The van der Waals surface area contributed by atoms with Gasteiger partial charge in [-0.05, 0) is 63.2 Å². The average molecular weight is 424 g/mol. The zero-order chi connectivity index (χ0) is 20.3. The van der Waals surface area contributed by atoms with Crippen molar-refractivity contribution in [3.05, 3.63) is 11.6 Å². The number of hydrogen-bond acceptors (Lipinski definition) is 4. The molecular weight excluding hydrogens is 386 g/mol. The highest BCUT2D eigenvalue weighted by atomic mass is 35.5. The summed E-state index contributed by atoms with van der Waals surface area (Å²) >= 11 is 5.76. The Labute approximate surface area is 181 Å². The minimum atomic E-state index is -1.28. The minimum absolute atomic E-state index is 0.0713. The maximum atomic E-state index is 13.6. The summed E-state index contributed by atoms with van der Waals surface area (Å²) in [5.41, 5.74) is 0.303. The van der Waals surface area contributed by atoms with Gasteiger partial charge in [0.25, 0.3) is 0 Å². The summed E-state index contributed by atoms with van der Waals surface area (Å²) in [7, 11) is 0. The largest absolute Gasteiger partial charge is 0.459 e. The predicted molar refractivity (Wildman–Crippen MR) is 116 cm³/mol. The van der Waals surface area contributed by atoms with E-state index in [4.69, 9.17) is 16.3 Å². The number of fused-ring (bicyclic) bond motifs is 2. The SMILES string of the molecule is O=C(O[C@@H]1CC[C@H]2CC[C@H]1N2C/C=C/Cl)C(O)(C1CCCCC1)C1CCCCC1. The number of halogens is 1. The summed E-state index contributed by atoms with van der Waals surface area (Å²) in [4.78, 5) is 16.1. The van der Waals surface area contributed by atoms with Crippen molar-refractivity contribution >= 4 is 17.6 Å². The highest BCUT2D eigenvalue weighted by molar-refractivity contribution is 6.25. The van der Waals surface area contributed by atoms with Crippen LogP contribution in [-0.2, 0) is 9.53 Å². The first-order valence-electron chi connectivity index (χ1n) is 12.1. The minimum Gasteiger partial charge on any atom is -0.459 e. The van der Waals surface area contributed by atoms with Crippen molar-refractivity contribution < 1.29 is 14.6 Å². The highest BCUT2D eigenvalue weighted by Crippen LogP contribution is 2.45. The zero-order valence-electron chi connectivity index (χ0n) is 17.7. The number of carbonyl (C=O) groups is 1. The second-order valence-corrected chi connectivity index (χ2v) is 10.1. The third-order valence-electron chi connectivity index (χ3n) is 8.35. The van der Waals surface area contributed by atoms with E-state index in [9.17, 15) is 9.90 Å². The fourth-order valence-corrected chi connectivity index (χ4v) is 6.87. The molecule has 4 fully saturated rings. The van der Waals surface area contributed by atoms with E-state index in [1.54, 1.807) is 5.54 Å². The van der Waals surface area contributed by atoms with Gasteiger partial charge in [-0.15, -0.1) is 0 Å². The Morgan fingerprint density at radius 1 is 0.931 bits per heavy atom. The molecule has 3 atom stereocenters. The molecule has 5 heteroatoms. The van der Waals surface area contributed by atoms with Crippen LogP contribution in [0.25, 0.3) is 0 Å². The van der Waals surface area contributed by atoms with Crippen LogP contribution in [0.1, 0.15) is 89.9 Å². The molecule has 2 aliphatic carbocycles. The quantitative estimate of drug-likeness (QED) is 0.599. The summed E-state index contributed by atoms with van der Waals surface area (Å²) in [6.45, 7) is 0.822. The molecule has 1 N–H and O–H groups in total. The molecule has 0 radical (unpaired) electrons. The van der Waals surface area contributed by atoms with Gasteiger partial charge in [-0.2, -0.15) is 0 Å². The molecule has 2 heterocycles. The zero-order valence-corrected chi connectivity index (χ0v) is 18.5. The first-order chi connectivity index (χ1) is 14.1. The van der Waals surface area contributed by atoms with Crippen molar-refractivity contribution in [2.75, 3.05) is 6.54 Å². The molecule has 2 saturated heterocycles. The average Bonchev–Trinajstić information content (AvgIpc) is 3.06. The number of nitrogens with zero attached hydrogens (tertiary/aromatic N) is 1. The van der Waals surface area contributed by atoms with Crippen LogP contribution in [0.3, 0.4) is 0 Å². The van der Waals surface area contributed by atoms with Gasteiger partial charge in [-0.25, -0.2) is 4.79 Å². The molecule has 2 bridgehead atoms. The van der Waals surface area contributed by atoms with E-state index in [-0.39, 0.29) is 30.0 Å². The van der Waals surface area contributed by atoms with Crippen molar-refractivity contribution in [2.24, 2.45) is 11.8 Å². The molecule has 0 aromatic rings. The number of rotatable bonds is 6. The lowest BCUT2D eigenvalue weighted by atomic mass is 9.66. The van der Waals surface area contributed by atoms with Gasteiger partial charge < -0.3 is 9.84 Å². The lowest BCUT2D eigenvalue weighted by Crippen LogP contribution is -2.57. The van der Waals surface area contributed by atoms with Crippen LogP contribution in [-0.4, -0.2) is 46.3 Å². The van der Waals surface area contributed by atoms with Crippen molar-refractivity contribution in [1.29, 1.82) is 0 Å². The molecule has 2 aliphatic heterocycles. The lowest BCUT2D eigenvalue weighted by Gasteiger charge is -2.45. The monoisotopic (exact) mass is 423 g/mol. The summed E-state index contributed by atoms with van der Waals surface area (Å²) in [6.07, 6.45) is 16.9. The third kappa shape index (κ3) is 4.41. The number of aliphatic hydroxyl groups is 1. The topological polar surface area (TPSA) is 49.8 Å². The van der Waals surface area contributed by atoms with Gasteiger partial charge in [0.2, 0.25) is 0 Å². The van der Waals surface area contributed by atoms with Crippen molar-refractivity contribution in [1.82, 2.24) is 4.90 Å². The standard InChI is InChI=1S/C24H38ClNO3/c25-16-7-17-26-20-12-14-21(26)22(15-13-20)29-23(27)24(28,18-8-3-1-4-9-18)19-10-5-2-6-11-19/h7,16,18-22,28H,1-6,8-15,17H2/b16-7+/t20-,21-,22-/m1/s1. The van der Waals surface area contributed by atoms with Crippen LogP contribution in [0.4, 0.5) is 0 Å². The Morgan fingerprint density at radius 3 is 2.10 bits per heavy atom. The Kier molecular flexibility index (Phi) is 7.24. The molecule has 0 spiro atoms. The van der Waals surface area contributed by atoms with Gasteiger partial charge >= 0.3 is 5.97 Å². The van der Waals surface area contributed by atoms with E-state index < -0.39 is 5.60 Å². The lowest BCUT2D eigenvalue weighted by molar-refractivity contribution is -0.194. The summed E-state index contributed by atoms with van der Waals surface area (Å²) in [6, 6.07) is 0.853. The molecule has 0 unspecified atom stereocenters. The maximum absolute atomic E-state index is 13.6. The van der Waals surface area contributed by atoms with E-state index in [2.05, 4.69) is 4.90 Å². The van der Waals surface area contributed by atoms with Crippen molar-refractivity contribution in [3.63, 3.8) is 0 Å². The maximum Gasteiger partial charge on any atom is 0.339 e. The normalized spacial score (nSPS) is 32.7. The Balaban J connectivity index is 1.50. The first-order valence-corrected chi connectivity index (χ1v) is 12.5. The molecule has 2 saturated carbocycles. The van der Waals surface area contributed by atoms with Gasteiger partial charge in [-0.1, -0.05) is 56.2 Å². The Morgan fingerprint density at radius 2 is 1.52 bits per heavy atom. The van der Waals surface area contributed by atoms with E-state index in [0.717, 1.165) is 77.2 Å². The van der Waals surface area contributed by atoms with E-state index in [1.807, 2.05) is 6.08 Å². The van der Waals surface area contributed by atoms with E-state index in [0.29, 0.717) is 6.04 Å². The van der Waals surface area contributed by atoms with Crippen LogP contribution >= 0.6 is 11.6 Å². The third-order valence-corrected chi connectivity index (χ3v) is 8.53. The summed E-state index contributed by atoms with van der Waals surface area (Å²) < 4.78 is 6.22. The highest BCUT2D eigenvalue weighted by Gasteiger charge is 2.53. The van der Waals surface area contributed by atoms with Crippen molar-refractivity contribution in [3.8, 4) is 0 Å². The molecule has 4 aliphatic rings. The molecule has 4 nitrogen and oxygen atoms in total. The predicted octanol–water partition coefficient (Wildman–Crippen LogP) is 5.17. The van der Waals surface area contributed by atoms with Gasteiger partial charge in [-0.3, -0.25) is 4.90 Å². The van der Waals surface area contributed by atoms with Crippen LogP contribution < -0.4 is 0 Å². The van der Waals surface area contributed by atoms with Crippen LogP contribution in [0.15, 0.2) is 11.6 Å². The Bertz CT molecular complexity index is 565. The second kappa shape index (κ2) is 9.70. The molecule has 0 aromatic heterocycles. The molecule has 4 rings (SSSR count). The van der Waals surface area contributed by atoms with Crippen molar-refractivity contribution in [2.45, 2.75) is 114 Å². The number of hydrogen-bond donors (Lipinski definition) is 1. The number of ether oxygens (including phenoxy) is 1. The Hall–Kier alpha value is -0.580. The summed E-state index contributed by atoms with van der Waals surface area (Å²) in [5, 5.41) is 11.9. The van der Waals surface area contributed by atoms with Gasteiger partial charge in [0.05, 0.1) is 0 Å². The molecule has 29 heavy (non-hydrogen) atoms. The van der Waals surface area contributed by atoms with E-state index in [1.165, 1.54) is 19.3 Å². The first kappa shape index (κ1) is 21.6. The van der Waals surface area contributed by atoms with Gasteiger partial charge in [0.1, 0.15) is 6.10 Å². The van der Waals surface area contributed by atoms with Crippen LogP contribution in [0.5, 0.6) is 0 Å². The number of carbonyl (C=O) groups excluding carboxylic acids is 1. The fraction of sp³-hybridized carbons (Fsp3) is 0.875. The second-order valence-electron chi connectivity index (χ2n) is 9.87. The number of piperidine rings is 1. The number of esters is 1. The molecule has 0 amide bonds. The van der Waals surface area contributed by atoms with Gasteiger partial charge in [0, 0.05) is 24.2 Å². The summed E-state index contributed by atoms with van der Waals surface area (Å²) in [5.74, 6) is -0.163. The van der Waals surface area contributed by atoms with Crippen LogP contribution in [0, 0.1) is 11.8 Å². The van der Waals surface area contributed by atoms with Gasteiger partial charge in [0.15, 0.2) is 5.60 Å². The van der Waals surface area contributed by atoms with E-state index >= 15 is 0 Å². The molecule has 164 valence electrons. The van der Waals surface area contributed by atoms with Crippen LogP contribution in [0.2, 0.25) is 0 Å². The molecular formula is C24H38ClNO3. The fourth-order valence-electron chi connectivity index (χ4n) is 6.79.